The van der Waals surface area contributed by atoms with E-state index in [1.54, 1.807) is 6.07 Å². The molecule has 3 aliphatic rings. The van der Waals surface area contributed by atoms with Crippen molar-refractivity contribution in [2.75, 3.05) is 39.5 Å². The number of amides is 1. The van der Waals surface area contributed by atoms with Gasteiger partial charge in [0, 0.05) is 32.0 Å². The Morgan fingerprint density at radius 1 is 0.882 bits per heavy atom. The molecule has 0 aromatic heterocycles. The molecule has 3 heterocycles. The maximum absolute atomic E-state index is 13.0. The van der Waals surface area contributed by atoms with Gasteiger partial charge in [0.2, 0.25) is 15.9 Å². The molecule has 1 atom stereocenters. The van der Waals surface area contributed by atoms with E-state index in [-0.39, 0.29) is 29.8 Å². The largest absolute Gasteiger partial charge is 0.490 e. The summed E-state index contributed by atoms with van der Waals surface area (Å²) < 4.78 is 50.5. The van der Waals surface area contributed by atoms with Gasteiger partial charge < -0.3 is 23.8 Å². The van der Waals surface area contributed by atoms with E-state index < -0.39 is 10.0 Å². The molecule has 3 aliphatic heterocycles. The number of hydrogen-bond acceptors (Lipinski definition) is 7. The van der Waals surface area contributed by atoms with Gasteiger partial charge in [-0.25, -0.2) is 13.1 Å². The number of rotatable bonds is 6. The minimum atomic E-state index is -3.79. The van der Waals surface area contributed by atoms with Crippen LogP contribution >= 0.6 is 0 Å². The molecule has 2 aromatic rings. The number of fused-ring (bicyclic) bond motifs is 2. The van der Waals surface area contributed by atoms with Crippen LogP contribution in [0.2, 0.25) is 0 Å². The molecule has 9 nitrogen and oxygen atoms in total. The van der Waals surface area contributed by atoms with Crippen LogP contribution in [-0.4, -0.2) is 58.7 Å². The lowest BCUT2D eigenvalue weighted by Crippen LogP contribution is -2.34. The third kappa shape index (κ3) is 4.78. The third-order valence-electron chi connectivity index (χ3n) is 6.18. The van der Waals surface area contributed by atoms with Crippen molar-refractivity contribution >= 4 is 15.9 Å². The molecule has 0 saturated carbocycles. The Labute approximate surface area is 199 Å². The van der Waals surface area contributed by atoms with E-state index >= 15 is 0 Å². The van der Waals surface area contributed by atoms with Gasteiger partial charge in [0.25, 0.3) is 0 Å². The van der Waals surface area contributed by atoms with E-state index in [9.17, 15) is 13.2 Å². The summed E-state index contributed by atoms with van der Waals surface area (Å²) in [6.07, 6.45) is 2.56. The second-order valence-corrected chi connectivity index (χ2v) is 10.2. The molecule has 0 radical (unpaired) electrons. The van der Waals surface area contributed by atoms with Crippen LogP contribution in [0.15, 0.2) is 41.3 Å². The lowest BCUT2D eigenvalue weighted by molar-refractivity contribution is -0.131. The summed E-state index contributed by atoms with van der Waals surface area (Å²) in [6.45, 7) is 2.70. The number of nitrogens with one attached hydrogen (secondary N) is 1. The summed E-state index contributed by atoms with van der Waals surface area (Å²) in [6, 6.07) is 10.3. The zero-order valence-corrected chi connectivity index (χ0v) is 19.6. The maximum atomic E-state index is 13.0. The fraction of sp³-hybridized carbons (Fsp3) is 0.458. The molecule has 5 rings (SSSR count). The van der Waals surface area contributed by atoms with Crippen molar-refractivity contribution in [3.63, 3.8) is 0 Å². The van der Waals surface area contributed by atoms with Crippen molar-refractivity contribution in [2.24, 2.45) is 0 Å². The van der Waals surface area contributed by atoms with E-state index in [1.807, 2.05) is 23.1 Å². The first-order valence-electron chi connectivity index (χ1n) is 11.6. The lowest BCUT2D eigenvalue weighted by atomic mass is 10.0. The van der Waals surface area contributed by atoms with Gasteiger partial charge >= 0.3 is 0 Å². The van der Waals surface area contributed by atoms with Crippen molar-refractivity contribution in [3.05, 3.63) is 42.0 Å². The molecule has 1 unspecified atom stereocenters. The smallest absolute Gasteiger partial charge is 0.240 e. The average Bonchev–Trinajstić information content (AvgIpc) is 3.22. The number of nitrogens with zero attached hydrogens (tertiary/aromatic N) is 1. The molecule has 1 saturated heterocycles. The molecule has 1 fully saturated rings. The van der Waals surface area contributed by atoms with Crippen molar-refractivity contribution < 1.29 is 32.2 Å². The van der Waals surface area contributed by atoms with E-state index in [0.717, 1.165) is 30.6 Å². The van der Waals surface area contributed by atoms with E-state index in [1.165, 1.54) is 12.1 Å². The Hall–Kier alpha value is -2.98. The van der Waals surface area contributed by atoms with Crippen LogP contribution in [-0.2, 0) is 14.8 Å². The second-order valence-electron chi connectivity index (χ2n) is 8.46. The van der Waals surface area contributed by atoms with Gasteiger partial charge in [-0.1, -0.05) is 6.07 Å². The number of carbonyl (C=O) groups is 1. The van der Waals surface area contributed by atoms with Crippen LogP contribution in [0.3, 0.4) is 0 Å². The number of benzene rings is 2. The SMILES string of the molecule is O=C(CCNS(=O)(=O)c1ccc2c(c1)OCCCO2)N1CCCC1c1ccc2c(c1)OCCO2. The molecule has 0 bridgehead atoms. The van der Waals surface area contributed by atoms with Crippen molar-refractivity contribution in [3.8, 4) is 23.0 Å². The Balaban J connectivity index is 1.20. The first kappa shape index (κ1) is 22.8. The van der Waals surface area contributed by atoms with Gasteiger partial charge in [-0.15, -0.1) is 0 Å². The molecule has 34 heavy (non-hydrogen) atoms. The minimum Gasteiger partial charge on any atom is -0.490 e. The van der Waals surface area contributed by atoms with Crippen molar-refractivity contribution in [2.45, 2.75) is 36.6 Å². The van der Waals surface area contributed by atoms with Gasteiger partial charge in [0.05, 0.1) is 24.2 Å². The quantitative estimate of drug-likeness (QED) is 0.667. The van der Waals surface area contributed by atoms with Gasteiger partial charge in [-0.3, -0.25) is 4.79 Å². The lowest BCUT2D eigenvalue weighted by Gasteiger charge is -2.27. The highest BCUT2D eigenvalue weighted by atomic mass is 32.2. The zero-order chi connectivity index (χ0) is 23.5. The predicted octanol–water partition coefficient (Wildman–Crippen LogP) is 2.65. The fourth-order valence-corrected chi connectivity index (χ4v) is 5.56. The molecule has 10 heteroatoms. The number of carbonyl (C=O) groups excluding carboxylic acids is 1. The molecule has 182 valence electrons. The highest BCUT2D eigenvalue weighted by Gasteiger charge is 2.31. The monoisotopic (exact) mass is 488 g/mol. The Morgan fingerprint density at radius 2 is 1.56 bits per heavy atom. The maximum Gasteiger partial charge on any atom is 0.240 e. The summed E-state index contributed by atoms with van der Waals surface area (Å²) in [5.41, 5.74) is 1.00. The van der Waals surface area contributed by atoms with Gasteiger partial charge in [0.1, 0.15) is 13.2 Å². The first-order valence-corrected chi connectivity index (χ1v) is 13.1. The molecule has 2 aromatic carbocycles. The van der Waals surface area contributed by atoms with Gasteiger partial charge in [0.15, 0.2) is 23.0 Å². The summed E-state index contributed by atoms with van der Waals surface area (Å²) in [4.78, 5) is 14.9. The van der Waals surface area contributed by atoms with Crippen LogP contribution in [0.25, 0.3) is 0 Å². The Morgan fingerprint density at radius 3 is 2.38 bits per heavy atom. The fourth-order valence-electron chi connectivity index (χ4n) is 4.51. The third-order valence-corrected chi connectivity index (χ3v) is 7.64. The summed E-state index contributed by atoms with van der Waals surface area (Å²) in [5, 5.41) is 0. The normalized spacial score (nSPS) is 19.5. The van der Waals surface area contributed by atoms with Crippen LogP contribution in [0, 0.1) is 0 Å². The summed E-state index contributed by atoms with van der Waals surface area (Å²) in [5.74, 6) is 2.28. The summed E-state index contributed by atoms with van der Waals surface area (Å²) in [7, 11) is -3.79. The van der Waals surface area contributed by atoms with E-state index in [0.29, 0.717) is 50.2 Å². The Bertz CT molecular complexity index is 1170. The zero-order valence-electron chi connectivity index (χ0n) is 18.8. The number of ether oxygens (including phenoxy) is 4. The molecule has 0 aliphatic carbocycles. The molecule has 1 N–H and O–H groups in total. The standard InChI is InChI=1S/C24H28N2O7S/c27-24(26-10-1-3-19(26)17-4-6-20-22(15-17)33-14-13-32-20)8-9-25-34(28,29)18-5-7-21-23(16-18)31-12-2-11-30-21/h4-7,15-16,19,25H,1-3,8-14H2. The highest BCUT2D eigenvalue weighted by Crippen LogP contribution is 2.38. The first-order chi connectivity index (χ1) is 16.5. The summed E-state index contributed by atoms with van der Waals surface area (Å²) >= 11 is 0. The number of hydrogen-bond donors (Lipinski definition) is 1. The van der Waals surface area contributed by atoms with Gasteiger partial charge in [-0.2, -0.15) is 0 Å². The van der Waals surface area contributed by atoms with Crippen LogP contribution in [0.5, 0.6) is 23.0 Å². The predicted molar refractivity (Wildman–Crippen MR) is 123 cm³/mol. The number of sulfonamides is 1. The topological polar surface area (TPSA) is 103 Å². The molecule has 1 amide bonds. The molecular formula is C24H28N2O7S. The van der Waals surface area contributed by atoms with Crippen molar-refractivity contribution in [1.29, 1.82) is 0 Å². The van der Waals surface area contributed by atoms with Crippen LogP contribution in [0.1, 0.15) is 37.3 Å². The van der Waals surface area contributed by atoms with E-state index in [2.05, 4.69) is 4.72 Å². The Kier molecular flexibility index (Phi) is 6.51. The van der Waals surface area contributed by atoms with Crippen LogP contribution < -0.4 is 23.7 Å². The highest BCUT2D eigenvalue weighted by molar-refractivity contribution is 7.89. The second kappa shape index (κ2) is 9.71. The minimum absolute atomic E-state index is 0.0139. The average molecular weight is 489 g/mol. The van der Waals surface area contributed by atoms with Gasteiger partial charge in [-0.05, 0) is 42.7 Å². The van der Waals surface area contributed by atoms with Crippen molar-refractivity contribution in [1.82, 2.24) is 9.62 Å². The molecule has 0 spiro atoms. The van der Waals surface area contributed by atoms with E-state index in [4.69, 9.17) is 18.9 Å². The molecular weight excluding hydrogens is 460 g/mol. The number of likely N-dealkylation sites (tertiary alicyclic amines) is 1. The van der Waals surface area contributed by atoms with Crippen LogP contribution in [0.4, 0.5) is 0 Å².